The Balaban J connectivity index is 1.92. The Morgan fingerprint density at radius 3 is 2.46 bits per heavy atom. The van der Waals surface area contributed by atoms with Crippen molar-refractivity contribution in [2.24, 2.45) is 0 Å². The summed E-state index contributed by atoms with van der Waals surface area (Å²) in [5.74, 6) is -2.75. The third kappa shape index (κ3) is 5.48. The molecule has 3 aromatic rings. The van der Waals surface area contributed by atoms with Crippen LogP contribution < -0.4 is 4.90 Å². The average Bonchev–Trinajstić information content (AvgIpc) is 2.80. The number of aliphatic carboxylic acids is 1. The highest BCUT2D eigenvalue weighted by Crippen LogP contribution is 2.33. The standard InChI is InChI=1S/C25H22F3N3O4/c1-15-9-10-29-22-11-18(7-8-19(15)22)30(3)13-20(24(34)35)23(33)31(14-32)12-17-5-4-6-21(16(17)2)25(26,27)28/h4-11,13-14H,12H2,1-3H3,(H,34,35)/b20-13+. The number of alkyl halides is 3. The number of carbonyl (C=O) groups is 3. The minimum atomic E-state index is -4.61. The van der Waals surface area contributed by atoms with Crippen molar-refractivity contribution in [3.05, 3.63) is 82.7 Å². The molecule has 10 heteroatoms. The summed E-state index contributed by atoms with van der Waals surface area (Å²) >= 11 is 0. The van der Waals surface area contributed by atoms with Crippen LogP contribution in [-0.2, 0) is 27.1 Å². The van der Waals surface area contributed by atoms with E-state index in [0.717, 1.165) is 29.3 Å². The number of benzene rings is 2. The molecule has 3 rings (SSSR count). The van der Waals surface area contributed by atoms with Crippen LogP contribution in [0.2, 0.25) is 0 Å². The van der Waals surface area contributed by atoms with Crippen LogP contribution in [0.5, 0.6) is 0 Å². The van der Waals surface area contributed by atoms with Crippen LogP contribution in [0.4, 0.5) is 18.9 Å². The van der Waals surface area contributed by atoms with Crippen LogP contribution in [0.25, 0.3) is 10.9 Å². The highest BCUT2D eigenvalue weighted by Gasteiger charge is 2.33. The number of amides is 2. The second-order valence-electron chi connectivity index (χ2n) is 7.91. The number of fused-ring (bicyclic) bond motifs is 1. The van der Waals surface area contributed by atoms with Crippen molar-refractivity contribution in [1.29, 1.82) is 0 Å². The van der Waals surface area contributed by atoms with Gasteiger partial charge in [0.2, 0.25) is 6.41 Å². The van der Waals surface area contributed by atoms with E-state index in [1.807, 2.05) is 19.1 Å². The van der Waals surface area contributed by atoms with Crippen LogP contribution in [0.15, 0.2) is 60.4 Å². The number of carboxylic acid groups (broad SMARTS) is 1. The number of aromatic nitrogens is 1. The molecule has 0 bridgehead atoms. The van der Waals surface area contributed by atoms with Gasteiger partial charge in [0.25, 0.3) is 5.91 Å². The smallest absolute Gasteiger partial charge is 0.416 e. The Hall–Kier alpha value is -4.21. The molecule has 1 aromatic heterocycles. The van der Waals surface area contributed by atoms with Gasteiger partial charge >= 0.3 is 12.1 Å². The third-order valence-electron chi connectivity index (χ3n) is 5.62. The molecule has 0 unspecified atom stereocenters. The SMILES string of the molecule is Cc1c(CN(C=O)C(=O)/C(=C\N(C)c2ccc3c(C)ccnc3c2)C(=O)O)cccc1C(F)(F)F. The van der Waals surface area contributed by atoms with Gasteiger partial charge in [0.05, 0.1) is 17.6 Å². The molecule has 2 aromatic carbocycles. The minimum absolute atomic E-state index is 0.0642. The molecule has 0 radical (unpaired) electrons. The second-order valence-corrected chi connectivity index (χ2v) is 7.91. The van der Waals surface area contributed by atoms with Crippen LogP contribution >= 0.6 is 0 Å². The van der Waals surface area contributed by atoms with Crippen molar-refractivity contribution in [3.8, 4) is 0 Å². The highest BCUT2D eigenvalue weighted by atomic mass is 19.4. The number of pyridine rings is 1. The van der Waals surface area contributed by atoms with E-state index in [1.54, 1.807) is 18.3 Å². The normalized spacial score (nSPS) is 11.9. The summed E-state index contributed by atoms with van der Waals surface area (Å²) in [5, 5.41) is 10.6. The molecule has 2 amide bonds. The Morgan fingerprint density at radius 2 is 1.83 bits per heavy atom. The van der Waals surface area contributed by atoms with Crippen LogP contribution in [0.3, 0.4) is 0 Å². The highest BCUT2D eigenvalue weighted by molar-refractivity contribution is 6.18. The van der Waals surface area contributed by atoms with Crippen molar-refractivity contribution in [2.75, 3.05) is 11.9 Å². The molecule has 0 fully saturated rings. The molecule has 7 nitrogen and oxygen atoms in total. The van der Waals surface area contributed by atoms with E-state index in [9.17, 15) is 32.7 Å². The zero-order valence-electron chi connectivity index (χ0n) is 19.1. The number of anilines is 1. The van der Waals surface area contributed by atoms with E-state index in [4.69, 9.17) is 0 Å². The first-order valence-corrected chi connectivity index (χ1v) is 10.4. The number of halogens is 3. The Labute approximate surface area is 199 Å². The quantitative estimate of drug-likeness (QED) is 0.230. The fraction of sp³-hybridized carbons (Fsp3) is 0.200. The lowest BCUT2D eigenvalue weighted by Gasteiger charge is -2.21. The zero-order valence-corrected chi connectivity index (χ0v) is 19.1. The number of rotatable bonds is 7. The summed E-state index contributed by atoms with van der Waals surface area (Å²) in [5.41, 5.74) is 0.483. The van der Waals surface area contributed by atoms with E-state index in [1.165, 1.54) is 24.9 Å². The van der Waals surface area contributed by atoms with Gasteiger partial charge in [-0.3, -0.25) is 19.5 Å². The Bertz CT molecular complexity index is 1340. The molecule has 0 aliphatic rings. The first-order valence-electron chi connectivity index (χ1n) is 10.4. The molecule has 0 saturated carbocycles. The summed E-state index contributed by atoms with van der Waals surface area (Å²) in [6.07, 6.45) is -1.82. The molecule has 0 spiro atoms. The molecule has 0 aliphatic carbocycles. The fourth-order valence-electron chi connectivity index (χ4n) is 3.63. The molecule has 1 N–H and O–H groups in total. The average molecular weight is 485 g/mol. The van der Waals surface area contributed by atoms with Gasteiger partial charge in [0.1, 0.15) is 5.57 Å². The van der Waals surface area contributed by atoms with Crippen molar-refractivity contribution in [2.45, 2.75) is 26.6 Å². The summed E-state index contributed by atoms with van der Waals surface area (Å²) < 4.78 is 39.7. The van der Waals surface area contributed by atoms with Crippen molar-refractivity contribution in [1.82, 2.24) is 9.88 Å². The summed E-state index contributed by atoms with van der Waals surface area (Å²) in [4.78, 5) is 42.6. The molecule has 1 heterocycles. The first-order chi connectivity index (χ1) is 16.4. The lowest BCUT2D eigenvalue weighted by Crippen LogP contribution is -2.34. The zero-order chi connectivity index (χ0) is 25.9. The molecule has 0 atom stereocenters. The van der Waals surface area contributed by atoms with E-state index in [-0.39, 0.29) is 17.5 Å². The summed E-state index contributed by atoms with van der Waals surface area (Å²) in [6.45, 7) is 2.63. The number of carboxylic acids is 1. The predicted molar refractivity (Wildman–Crippen MR) is 123 cm³/mol. The van der Waals surface area contributed by atoms with Gasteiger partial charge in [-0.1, -0.05) is 18.2 Å². The minimum Gasteiger partial charge on any atom is -0.477 e. The van der Waals surface area contributed by atoms with E-state index in [0.29, 0.717) is 16.1 Å². The van der Waals surface area contributed by atoms with Crippen LogP contribution in [-0.4, -0.2) is 40.3 Å². The van der Waals surface area contributed by atoms with Gasteiger partial charge in [0.15, 0.2) is 0 Å². The van der Waals surface area contributed by atoms with Gasteiger partial charge in [-0.05, 0) is 54.8 Å². The summed E-state index contributed by atoms with van der Waals surface area (Å²) in [7, 11) is 1.52. The van der Waals surface area contributed by atoms with E-state index >= 15 is 0 Å². The number of hydrogen-bond donors (Lipinski definition) is 1. The monoisotopic (exact) mass is 485 g/mol. The lowest BCUT2D eigenvalue weighted by molar-refractivity contribution is -0.140. The number of nitrogens with zero attached hydrogens (tertiary/aromatic N) is 3. The molecular weight excluding hydrogens is 463 g/mol. The van der Waals surface area contributed by atoms with Gasteiger partial charge in [-0.25, -0.2) is 4.79 Å². The van der Waals surface area contributed by atoms with Gasteiger partial charge in [-0.15, -0.1) is 0 Å². The van der Waals surface area contributed by atoms with Gasteiger partial charge < -0.3 is 10.0 Å². The Kier molecular flexibility index (Phi) is 7.23. The number of imide groups is 1. The van der Waals surface area contributed by atoms with Gasteiger partial charge in [-0.2, -0.15) is 13.2 Å². The molecule has 0 aliphatic heterocycles. The van der Waals surface area contributed by atoms with Crippen molar-refractivity contribution >= 4 is 34.9 Å². The van der Waals surface area contributed by atoms with Crippen LogP contribution in [0, 0.1) is 13.8 Å². The molecule has 182 valence electrons. The predicted octanol–water partition coefficient (Wildman–Crippen LogP) is 4.46. The van der Waals surface area contributed by atoms with Crippen molar-refractivity contribution in [3.63, 3.8) is 0 Å². The number of carbonyl (C=O) groups excluding carboxylic acids is 2. The maximum absolute atomic E-state index is 13.2. The molecule has 0 saturated heterocycles. The fourth-order valence-corrected chi connectivity index (χ4v) is 3.63. The Morgan fingerprint density at radius 1 is 1.11 bits per heavy atom. The molecular formula is C25H22F3N3O4. The van der Waals surface area contributed by atoms with E-state index in [2.05, 4.69) is 4.98 Å². The van der Waals surface area contributed by atoms with E-state index < -0.39 is 35.7 Å². The number of aryl methyl sites for hydroxylation is 1. The third-order valence-corrected chi connectivity index (χ3v) is 5.62. The maximum atomic E-state index is 13.2. The largest absolute Gasteiger partial charge is 0.477 e. The number of hydrogen-bond acceptors (Lipinski definition) is 5. The van der Waals surface area contributed by atoms with Crippen molar-refractivity contribution < 1.29 is 32.7 Å². The topological polar surface area (TPSA) is 90.8 Å². The van der Waals surface area contributed by atoms with Gasteiger partial charge in [0, 0.05) is 30.5 Å². The summed E-state index contributed by atoms with van der Waals surface area (Å²) in [6, 6.07) is 10.5. The van der Waals surface area contributed by atoms with Crippen LogP contribution in [0.1, 0.15) is 22.3 Å². The second kappa shape index (κ2) is 9.96. The molecule has 35 heavy (non-hydrogen) atoms. The maximum Gasteiger partial charge on any atom is 0.416 e. The lowest BCUT2D eigenvalue weighted by atomic mass is 10.0. The first kappa shape index (κ1) is 25.4.